The number of piperazine rings is 1. The Morgan fingerprint density at radius 3 is 2.87 bits per heavy atom. The third-order valence-electron chi connectivity index (χ3n) is 6.14. The zero-order chi connectivity index (χ0) is 20.1. The quantitative estimate of drug-likeness (QED) is 0.529. The van der Waals surface area contributed by atoms with Crippen molar-refractivity contribution in [1.82, 2.24) is 24.8 Å². The molecule has 5 heterocycles. The molecule has 1 saturated heterocycles. The monoisotopic (exact) mass is 438 g/mol. The van der Waals surface area contributed by atoms with Gasteiger partial charge in [-0.1, -0.05) is 0 Å². The Labute approximate surface area is 181 Å². The molecule has 4 aromatic rings. The van der Waals surface area contributed by atoms with Crippen LogP contribution in [0.1, 0.15) is 29.1 Å². The van der Waals surface area contributed by atoms with Crippen LogP contribution in [-0.4, -0.2) is 51.0 Å². The van der Waals surface area contributed by atoms with Crippen LogP contribution < -0.4 is 10.5 Å². The predicted molar refractivity (Wildman–Crippen MR) is 122 cm³/mol. The fourth-order valence-electron chi connectivity index (χ4n) is 4.61. The Kier molecular flexibility index (Phi) is 4.54. The zero-order valence-corrected chi connectivity index (χ0v) is 18.2. The predicted octanol–water partition coefficient (Wildman–Crippen LogP) is 3.19. The molecule has 1 N–H and O–H groups in total. The molecular weight excluding hydrogens is 416 g/mol. The number of nitrogens with one attached hydrogen (secondary N) is 1. The first kappa shape index (κ1) is 18.4. The Bertz CT molecular complexity index is 1280. The van der Waals surface area contributed by atoms with Gasteiger partial charge in [-0.25, -0.2) is 15.0 Å². The van der Waals surface area contributed by atoms with Crippen LogP contribution in [0, 0.1) is 0 Å². The molecule has 0 atom stereocenters. The van der Waals surface area contributed by atoms with E-state index in [9.17, 15) is 4.79 Å². The number of anilines is 1. The summed E-state index contributed by atoms with van der Waals surface area (Å²) in [6, 6.07) is 2.04. The molecule has 4 aromatic heterocycles. The largest absolute Gasteiger partial charge is 0.353 e. The first-order chi connectivity index (χ1) is 14.8. The highest BCUT2D eigenvalue weighted by molar-refractivity contribution is 7.18. The summed E-state index contributed by atoms with van der Waals surface area (Å²) < 4.78 is 1.16. The van der Waals surface area contributed by atoms with E-state index in [1.54, 1.807) is 29.0 Å². The molecule has 154 valence electrons. The number of hydrogen-bond acceptors (Lipinski definition) is 8. The van der Waals surface area contributed by atoms with E-state index in [0.717, 1.165) is 71.1 Å². The maximum absolute atomic E-state index is 12.8. The smallest absolute Gasteiger partial charge is 0.259 e. The molecule has 0 radical (unpaired) electrons. The third-order valence-corrected chi connectivity index (χ3v) is 8.23. The van der Waals surface area contributed by atoms with Crippen molar-refractivity contribution in [2.45, 2.75) is 32.2 Å². The summed E-state index contributed by atoms with van der Waals surface area (Å²) >= 11 is 3.41. The van der Waals surface area contributed by atoms with E-state index in [1.807, 2.05) is 6.07 Å². The van der Waals surface area contributed by atoms with Gasteiger partial charge in [-0.3, -0.25) is 9.69 Å². The summed E-state index contributed by atoms with van der Waals surface area (Å²) in [5.74, 6) is 1.81. The molecule has 0 bridgehead atoms. The van der Waals surface area contributed by atoms with Crippen LogP contribution in [0.5, 0.6) is 0 Å². The normalized spacial score (nSPS) is 17.7. The number of aromatic nitrogens is 4. The van der Waals surface area contributed by atoms with E-state index in [4.69, 9.17) is 4.98 Å². The molecule has 30 heavy (non-hydrogen) atoms. The molecule has 0 amide bonds. The van der Waals surface area contributed by atoms with Gasteiger partial charge in [0.2, 0.25) is 0 Å². The van der Waals surface area contributed by atoms with Gasteiger partial charge in [0.05, 0.1) is 22.1 Å². The van der Waals surface area contributed by atoms with Crippen LogP contribution in [-0.2, 0) is 19.4 Å². The summed E-state index contributed by atoms with van der Waals surface area (Å²) in [7, 11) is 0. The third kappa shape index (κ3) is 3.12. The lowest BCUT2D eigenvalue weighted by Gasteiger charge is -2.35. The molecule has 1 fully saturated rings. The van der Waals surface area contributed by atoms with Gasteiger partial charge in [0.25, 0.3) is 5.56 Å². The van der Waals surface area contributed by atoms with Crippen LogP contribution in [0.15, 0.2) is 22.6 Å². The first-order valence-corrected chi connectivity index (χ1v) is 12.1. The van der Waals surface area contributed by atoms with Crippen molar-refractivity contribution < 1.29 is 0 Å². The van der Waals surface area contributed by atoms with E-state index in [-0.39, 0.29) is 5.56 Å². The topological polar surface area (TPSA) is 78.0 Å². The van der Waals surface area contributed by atoms with Gasteiger partial charge in [-0.15, -0.1) is 22.7 Å². The van der Waals surface area contributed by atoms with Crippen LogP contribution in [0.3, 0.4) is 0 Å². The minimum atomic E-state index is 0.0362. The van der Waals surface area contributed by atoms with Gasteiger partial charge in [-0.05, 0) is 42.7 Å². The number of fused-ring (bicyclic) bond motifs is 4. The van der Waals surface area contributed by atoms with E-state index in [0.29, 0.717) is 6.54 Å². The zero-order valence-electron chi connectivity index (χ0n) is 16.6. The molecule has 0 saturated carbocycles. The molecule has 9 heteroatoms. The van der Waals surface area contributed by atoms with Crippen molar-refractivity contribution in [3.63, 3.8) is 0 Å². The number of hydrogen-bond donors (Lipinski definition) is 1. The Morgan fingerprint density at radius 2 is 1.97 bits per heavy atom. The SMILES string of the molecule is O=c1[nH]c(CN2CCN(c3ncnc4ccsc34)CC2)nc2sc3c(c12)CCCC3. The van der Waals surface area contributed by atoms with Crippen LogP contribution >= 0.6 is 22.7 Å². The number of thiophene rings is 2. The second-order valence-electron chi connectivity index (χ2n) is 8.00. The van der Waals surface area contributed by atoms with Crippen molar-refractivity contribution in [3.05, 3.63) is 44.4 Å². The second kappa shape index (κ2) is 7.40. The van der Waals surface area contributed by atoms with Crippen molar-refractivity contribution in [3.8, 4) is 0 Å². The minimum Gasteiger partial charge on any atom is -0.353 e. The Morgan fingerprint density at radius 1 is 1.10 bits per heavy atom. The molecule has 0 unspecified atom stereocenters. The summed E-state index contributed by atoms with van der Waals surface area (Å²) in [5, 5.41) is 2.91. The van der Waals surface area contributed by atoms with Crippen molar-refractivity contribution in [2.75, 3.05) is 31.1 Å². The average Bonchev–Trinajstić information content (AvgIpc) is 3.38. The fraction of sp³-hybridized carbons (Fsp3) is 0.429. The maximum Gasteiger partial charge on any atom is 0.259 e. The van der Waals surface area contributed by atoms with Gasteiger partial charge >= 0.3 is 0 Å². The van der Waals surface area contributed by atoms with Crippen molar-refractivity contribution >= 4 is 48.9 Å². The first-order valence-electron chi connectivity index (χ1n) is 10.5. The number of rotatable bonds is 3. The maximum atomic E-state index is 12.8. The highest BCUT2D eigenvalue weighted by Gasteiger charge is 2.23. The number of aryl methyl sites for hydroxylation is 2. The number of H-pyrrole nitrogens is 1. The molecule has 1 aliphatic carbocycles. The van der Waals surface area contributed by atoms with Crippen LogP contribution in [0.2, 0.25) is 0 Å². The molecule has 0 aromatic carbocycles. The molecular formula is C21H22N6OS2. The van der Waals surface area contributed by atoms with E-state index < -0.39 is 0 Å². The summed E-state index contributed by atoms with van der Waals surface area (Å²) in [4.78, 5) is 36.5. The fourth-order valence-corrected chi connectivity index (χ4v) is 6.76. The molecule has 7 nitrogen and oxygen atoms in total. The molecule has 1 aliphatic heterocycles. The number of aromatic amines is 1. The van der Waals surface area contributed by atoms with Gasteiger partial charge in [0, 0.05) is 31.1 Å². The minimum absolute atomic E-state index is 0.0362. The van der Waals surface area contributed by atoms with Gasteiger partial charge < -0.3 is 9.88 Å². The highest BCUT2D eigenvalue weighted by Crippen LogP contribution is 2.33. The van der Waals surface area contributed by atoms with Gasteiger partial charge in [0.1, 0.15) is 22.8 Å². The van der Waals surface area contributed by atoms with E-state index >= 15 is 0 Å². The Hall–Kier alpha value is -2.36. The lowest BCUT2D eigenvalue weighted by molar-refractivity contribution is 0.244. The van der Waals surface area contributed by atoms with E-state index in [2.05, 4.69) is 30.1 Å². The molecule has 0 spiro atoms. The van der Waals surface area contributed by atoms with Gasteiger partial charge in [-0.2, -0.15) is 0 Å². The van der Waals surface area contributed by atoms with Crippen LogP contribution in [0.25, 0.3) is 20.4 Å². The van der Waals surface area contributed by atoms with Crippen LogP contribution in [0.4, 0.5) is 5.82 Å². The summed E-state index contributed by atoms with van der Waals surface area (Å²) in [5.41, 5.74) is 2.30. The van der Waals surface area contributed by atoms with E-state index in [1.165, 1.54) is 23.3 Å². The summed E-state index contributed by atoms with van der Waals surface area (Å²) in [6.45, 7) is 4.33. The molecule has 2 aliphatic rings. The lowest BCUT2D eigenvalue weighted by atomic mass is 9.97. The summed E-state index contributed by atoms with van der Waals surface area (Å²) in [6.07, 6.45) is 6.16. The van der Waals surface area contributed by atoms with Crippen molar-refractivity contribution in [2.24, 2.45) is 0 Å². The van der Waals surface area contributed by atoms with Gasteiger partial charge in [0.15, 0.2) is 0 Å². The average molecular weight is 439 g/mol. The highest BCUT2D eigenvalue weighted by atomic mass is 32.1. The standard InChI is InChI=1S/C21H22N6OS2/c28-20-17-13-3-1-2-4-15(13)30-21(17)25-16(24-20)11-26-6-8-27(9-7-26)19-18-14(5-10-29-18)22-12-23-19/h5,10,12H,1-4,6-9,11H2,(H,24,25,28). The van der Waals surface area contributed by atoms with Crippen molar-refractivity contribution in [1.29, 1.82) is 0 Å². The Balaban J connectivity index is 1.19. The lowest BCUT2D eigenvalue weighted by Crippen LogP contribution is -2.46. The second-order valence-corrected chi connectivity index (χ2v) is 10.00. The number of nitrogens with zero attached hydrogens (tertiary/aromatic N) is 5. The molecule has 6 rings (SSSR count).